The highest BCUT2D eigenvalue weighted by Crippen LogP contribution is 2.20. The van der Waals surface area contributed by atoms with E-state index in [4.69, 9.17) is 15.2 Å². The lowest BCUT2D eigenvalue weighted by Crippen LogP contribution is -2.23. The van der Waals surface area contributed by atoms with Crippen LogP contribution in [0.4, 0.5) is 0 Å². The molecule has 0 radical (unpaired) electrons. The molecular weight excluding hydrogens is 250 g/mol. The van der Waals surface area contributed by atoms with Gasteiger partial charge in [0.15, 0.2) is 0 Å². The highest BCUT2D eigenvalue weighted by molar-refractivity contribution is 5.74. The van der Waals surface area contributed by atoms with Crippen molar-refractivity contribution in [2.75, 3.05) is 13.7 Å². The van der Waals surface area contributed by atoms with Crippen LogP contribution in [-0.4, -0.2) is 19.8 Å². The molecule has 0 heterocycles. The van der Waals surface area contributed by atoms with E-state index in [0.717, 1.165) is 16.9 Å². The number of hydrogen-bond acceptors (Lipinski definition) is 3. The summed E-state index contributed by atoms with van der Waals surface area (Å²) in [4.78, 5) is 0. The number of hydrogen-bond donors (Lipinski definition) is 1. The van der Waals surface area contributed by atoms with Gasteiger partial charge in [0.05, 0.1) is 7.11 Å². The molecule has 3 nitrogen and oxygen atoms in total. The van der Waals surface area contributed by atoms with Crippen LogP contribution in [0.1, 0.15) is 19.4 Å². The van der Waals surface area contributed by atoms with Gasteiger partial charge in [0.25, 0.3) is 0 Å². The van der Waals surface area contributed by atoms with Gasteiger partial charge in [-0.1, -0.05) is 30.9 Å². The molecule has 0 saturated carbocycles. The monoisotopic (exact) mass is 273 g/mol. The van der Waals surface area contributed by atoms with Gasteiger partial charge in [-0.3, -0.25) is 0 Å². The van der Waals surface area contributed by atoms with Gasteiger partial charge in [0, 0.05) is 6.04 Å². The fourth-order valence-corrected chi connectivity index (χ4v) is 1.58. The molecule has 0 aliphatic heterocycles. The Morgan fingerprint density at radius 2 is 1.95 bits per heavy atom. The number of ether oxygens (including phenoxy) is 2. The van der Waals surface area contributed by atoms with Crippen molar-refractivity contribution in [2.45, 2.75) is 19.9 Å². The van der Waals surface area contributed by atoms with E-state index in [2.05, 4.69) is 6.58 Å². The Hall–Kier alpha value is -2.00. The first kappa shape index (κ1) is 16.1. The third-order valence-corrected chi connectivity index (χ3v) is 2.72. The molecule has 1 aromatic carbocycles. The molecule has 108 valence electrons. The van der Waals surface area contributed by atoms with Crippen molar-refractivity contribution in [1.82, 2.24) is 0 Å². The zero-order valence-electron chi connectivity index (χ0n) is 12.4. The number of benzene rings is 1. The van der Waals surface area contributed by atoms with Crippen molar-refractivity contribution in [3.05, 3.63) is 60.4 Å². The predicted octanol–water partition coefficient (Wildman–Crippen LogP) is 3.53. The second-order valence-corrected chi connectivity index (χ2v) is 4.56. The van der Waals surface area contributed by atoms with Gasteiger partial charge in [-0.05, 0) is 43.2 Å². The van der Waals surface area contributed by atoms with Gasteiger partial charge in [-0.15, -0.1) is 0 Å². The molecule has 0 aromatic heterocycles. The minimum Gasteiger partial charge on any atom is -0.497 e. The molecule has 1 aromatic rings. The summed E-state index contributed by atoms with van der Waals surface area (Å²) in [6, 6.07) is 7.96. The third-order valence-electron chi connectivity index (χ3n) is 2.72. The second-order valence-electron chi connectivity index (χ2n) is 4.56. The topological polar surface area (TPSA) is 44.5 Å². The third kappa shape index (κ3) is 5.33. The molecule has 20 heavy (non-hydrogen) atoms. The Kier molecular flexibility index (Phi) is 6.60. The number of nitrogens with two attached hydrogens (primary N) is 1. The summed E-state index contributed by atoms with van der Waals surface area (Å²) in [6.07, 6.45) is 5.86. The van der Waals surface area contributed by atoms with E-state index >= 15 is 0 Å². The summed E-state index contributed by atoms with van der Waals surface area (Å²) in [5, 5.41) is 0. The van der Waals surface area contributed by atoms with Crippen molar-refractivity contribution in [1.29, 1.82) is 0 Å². The smallest absolute Gasteiger partial charge is 0.119 e. The Bertz CT molecular complexity index is 484. The molecule has 0 fully saturated rings. The van der Waals surface area contributed by atoms with E-state index in [0.29, 0.717) is 12.4 Å². The minimum absolute atomic E-state index is 0.0313. The lowest BCUT2D eigenvalue weighted by atomic mass is 10.1. The average Bonchev–Trinajstić information content (AvgIpc) is 2.46. The molecule has 0 saturated heterocycles. The molecule has 0 spiro atoms. The highest BCUT2D eigenvalue weighted by atomic mass is 16.5. The van der Waals surface area contributed by atoms with Gasteiger partial charge < -0.3 is 15.2 Å². The Morgan fingerprint density at radius 3 is 2.45 bits per heavy atom. The van der Waals surface area contributed by atoms with E-state index in [9.17, 15) is 0 Å². The summed E-state index contributed by atoms with van der Waals surface area (Å²) < 4.78 is 10.6. The molecule has 0 aliphatic carbocycles. The van der Waals surface area contributed by atoms with Crippen molar-refractivity contribution >= 4 is 5.57 Å². The van der Waals surface area contributed by atoms with Gasteiger partial charge in [-0.2, -0.15) is 0 Å². The van der Waals surface area contributed by atoms with E-state index in [-0.39, 0.29) is 6.04 Å². The molecule has 0 amide bonds. The second kappa shape index (κ2) is 8.23. The molecule has 1 rings (SSSR count). The van der Waals surface area contributed by atoms with Crippen LogP contribution in [-0.2, 0) is 4.74 Å². The first-order valence-corrected chi connectivity index (χ1v) is 6.63. The molecule has 1 atom stereocenters. The van der Waals surface area contributed by atoms with E-state index in [1.54, 1.807) is 7.11 Å². The van der Waals surface area contributed by atoms with Crippen molar-refractivity contribution < 1.29 is 9.47 Å². The number of allylic oxidation sites excluding steroid dienone is 4. The van der Waals surface area contributed by atoms with Crippen LogP contribution in [0.25, 0.3) is 5.57 Å². The van der Waals surface area contributed by atoms with Crippen molar-refractivity contribution in [2.24, 2.45) is 5.73 Å². The first-order chi connectivity index (χ1) is 9.56. The molecular formula is C17H23NO2. The fourth-order valence-electron chi connectivity index (χ4n) is 1.58. The Morgan fingerprint density at radius 1 is 1.30 bits per heavy atom. The Balaban J connectivity index is 2.75. The summed E-state index contributed by atoms with van der Waals surface area (Å²) >= 11 is 0. The van der Waals surface area contributed by atoms with Gasteiger partial charge in [-0.25, -0.2) is 0 Å². The maximum absolute atomic E-state index is 5.66. The Labute approximate surface area is 121 Å². The van der Waals surface area contributed by atoms with Gasteiger partial charge in [0.1, 0.15) is 18.1 Å². The summed E-state index contributed by atoms with van der Waals surface area (Å²) in [5.74, 6) is 1.45. The molecule has 3 heteroatoms. The SMILES string of the molecule is C=C(/C=C\C(=C/C)c1ccc(OCC(C)N)cc1)OC. The summed E-state index contributed by atoms with van der Waals surface area (Å²) in [6.45, 7) is 8.19. The molecule has 0 aliphatic rings. The largest absolute Gasteiger partial charge is 0.497 e. The van der Waals surface area contributed by atoms with Crippen LogP contribution >= 0.6 is 0 Å². The van der Waals surface area contributed by atoms with Crippen LogP contribution in [0.15, 0.2) is 54.8 Å². The normalized spacial score (nSPS) is 13.3. The molecule has 2 N–H and O–H groups in total. The zero-order valence-corrected chi connectivity index (χ0v) is 12.4. The minimum atomic E-state index is 0.0313. The fraction of sp³-hybridized carbons (Fsp3) is 0.294. The van der Waals surface area contributed by atoms with Crippen LogP contribution in [0.2, 0.25) is 0 Å². The van der Waals surface area contributed by atoms with Crippen LogP contribution in [0.5, 0.6) is 5.75 Å². The van der Waals surface area contributed by atoms with E-state index in [1.165, 1.54) is 0 Å². The number of rotatable bonds is 7. The van der Waals surface area contributed by atoms with E-state index in [1.807, 2.05) is 56.3 Å². The maximum atomic E-state index is 5.66. The maximum Gasteiger partial charge on any atom is 0.119 e. The van der Waals surface area contributed by atoms with Gasteiger partial charge in [0.2, 0.25) is 0 Å². The lowest BCUT2D eigenvalue weighted by molar-refractivity contribution is 0.296. The zero-order chi connectivity index (χ0) is 15.0. The highest BCUT2D eigenvalue weighted by Gasteiger charge is 2.00. The molecule has 0 bridgehead atoms. The van der Waals surface area contributed by atoms with Crippen molar-refractivity contribution in [3.63, 3.8) is 0 Å². The average molecular weight is 273 g/mol. The van der Waals surface area contributed by atoms with E-state index < -0.39 is 0 Å². The number of methoxy groups -OCH3 is 1. The quantitative estimate of drug-likeness (QED) is 0.610. The summed E-state index contributed by atoms with van der Waals surface area (Å²) in [7, 11) is 1.60. The summed E-state index contributed by atoms with van der Waals surface area (Å²) in [5.41, 5.74) is 7.87. The lowest BCUT2D eigenvalue weighted by Gasteiger charge is -2.09. The van der Waals surface area contributed by atoms with Crippen LogP contribution in [0, 0.1) is 0 Å². The molecule has 1 unspecified atom stereocenters. The van der Waals surface area contributed by atoms with Crippen molar-refractivity contribution in [3.8, 4) is 5.75 Å². The van der Waals surface area contributed by atoms with Crippen LogP contribution in [0.3, 0.4) is 0 Å². The first-order valence-electron chi connectivity index (χ1n) is 6.63. The predicted molar refractivity (Wildman–Crippen MR) is 84.5 cm³/mol. The van der Waals surface area contributed by atoms with Crippen LogP contribution < -0.4 is 10.5 Å². The standard InChI is InChI=1S/C17H23NO2/c1-5-15(7-6-14(3)19-4)16-8-10-17(11-9-16)20-12-13(2)18/h5-11,13H,3,12,18H2,1-2,4H3/b7-6-,15-5+. The van der Waals surface area contributed by atoms with Gasteiger partial charge >= 0.3 is 0 Å².